The van der Waals surface area contributed by atoms with E-state index in [0.717, 1.165) is 17.4 Å². The predicted molar refractivity (Wildman–Crippen MR) is 91.0 cm³/mol. The van der Waals surface area contributed by atoms with Gasteiger partial charge < -0.3 is 14.8 Å². The number of esters is 1. The zero-order valence-corrected chi connectivity index (χ0v) is 14.3. The van der Waals surface area contributed by atoms with Crippen molar-refractivity contribution in [2.75, 3.05) is 13.7 Å². The highest BCUT2D eigenvalue weighted by Crippen LogP contribution is 2.17. The van der Waals surface area contributed by atoms with Crippen LogP contribution in [0, 0.1) is 12.7 Å². The molecular weight excluding hydrogens is 325 g/mol. The summed E-state index contributed by atoms with van der Waals surface area (Å²) in [4.78, 5) is 23.8. The Bertz CT molecular complexity index is 759. The molecule has 0 aliphatic rings. The largest absolute Gasteiger partial charge is 0.497 e. The number of rotatable bonds is 6. The Balaban J connectivity index is 1.86. The molecule has 0 saturated carbocycles. The summed E-state index contributed by atoms with van der Waals surface area (Å²) in [6.07, 6.45) is 0. The standard InChI is InChI=1S/C19H20FNO4/c1-12-4-5-15(10-17(12)20)19(23)25-11-18(22)21-13(2)14-6-8-16(24-3)9-7-14/h4-10,13H,11H2,1-3H3,(H,21,22). The topological polar surface area (TPSA) is 64.6 Å². The molecule has 0 heterocycles. The number of methoxy groups -OCH3 is 1. The second-order valence-electron chi connectivity index (χ2n) is 5.60. The van der Waals surface area contributed by atoms with Crippen molar-refractivity contribution in [1.82, 2.24) is 5.32 Å². The van der Waals surface area contributed by atoms with Gasteiger partial charge in [-0.15, -0.1) is 0 Å². The van der Waals surface area contributed by atoms with E-state index in [-0.39, 0.29) is 11.6 Å². The Labute approximate surface area is 145 Å². The van der Waals surface area contributed by atoms with Crippen molar-refractivity contribution in [2.24, 2.45) is 0 Å². The molecule has 0 spiro atoms. The number of hydrogen-bond acceptors (Lipinski definition) is 4. The molecule has 0 radical (unpaired) electrons. The van der Waals surface area contributed by atoms with Crippen LogP contribution in [0.4, 0.5) is 4.39 Å². The van der Waals surface area contributed by atoms with E-state index in [2.05, 4.69) is 5.32 Å². The van der Waals surface area contributed by atoms with Crippen LogP contribution in [0.1, 0.15) is 34.5 Å². The summed E-state index contributed by atoms with van der Waals surface area (Å²) in [5, 5.41) is 2.73. The van der Waals surface area contributed by atoms with Gasteiger partial charge in [-0.25, -0.2) is 9.18 Å². The van der Waals surface area contributed by atoms with Crippen molar-refractivity contribution >= 4 is 11.9 Å². The normalized spacial score (nSPS) is 11.5. The Hall–Kier alpha value is -2.89. The van der Waals surface area contributed by atoms with Gasteiger partial charge in [0, 0.05) is 0 Å². The average molecular weight is 345 g/mol. The number of ether oxygens (including phenoxy) is 2. The van der Waals surface area contributed by atoms with Gasteiger partial charge in [-0.1, -0.05) is 18.2 Å². The minimum Gasteiger partial charge on any atom is -0.497 e. The van der Waals surface area contributed by atoms with Gasteiger partial charge in [0.2, 0.25) is 0 Å². The lowest BCUT2D eigenvalue weighted by Crippen LogP contribution is -2.31. The van der Waals surface area contributed by atoms with E-state index in [4.69, 9.17) is 9.47 Å². The fourth-order valence-electron chi connectivity index (χ4n) is 2.19. The zero-order valence-electron chi connectivity index (χ0n) is 14.3. The van der Waals surface area contributed by atoms with Gasteiger partial charge >= 0.3 is 5.97 Å². The third kappa shape index (κ3) is 5.04. The number of carbonyl (C=O) groups excluding carboxylic acids is 2. The van der Waals surface area contributed by atoms with Gasteiger partial charge in [0.1, 0.15) is 11.6 Å². The maximum atomic E-state index is 13.5. The minimum atomic E-state index is -0.744. The van der Waals surface area contributed by atoms with E-state index in [0.29, 0.717) is 5.56 Å². The molecule has 25 heavy (non-hydrogen) atoms. The molecule has 1 N–H and O–H groups in total. The highest BCUT2D eigenvalue weighted by atomic mass is 19.1. The molecular formula is C19H20FNO4. The first-order valence-corrected chi connectivity index (χ1v) is 7.77. The molecule has 2 aromatic rings. The van der Waals surface area contributed by atoms with Gasteiger partial charge in [0.25, 0.3) is 5.91 Å². The second kappa shape index (κ2) is 8.28. The van der Waals surface area contributed by atoms with Crippen LogP contribution in [0.2, 0.25) is 0 Å². The van der Waals surface area contributed by atoms with Crippen LogP contribution in [0.5, 0.6) is 5.75 Å². The molecule has 0 bridgehead atoms. The second-order valence-corrected chi connectivity index (χ2v) is 5.60. The molecule has 5 nitrogen and oxygen atoms in total. The SMILES string of the molecule is COc1ccc(C(C)NC(=O)COC(=O)c2ccc(C)c(F)c2)cc1. The maximum absolute atomic E-state index is 13.5. The molecule has 2 rings (SSSR count). The van der Waals surface area contributed by atoms with E-state index in [1.807, 2.05) is 19.1 Å². The average Bonchev–Trinajstić information content (AvgIpc) is 2.62. The van der Waals surface area contributed by atoms with Crippen LogP contribution < -0.4 is 10.1 Å². The van der Waals surface area contributed by atoms with Crippen molar-refractivity contribution in [3.63, 3.8) is 0 Å². The molecule has 0 fully saturated rings. The van der Waals surface area contributed by atoms with E-state index in [1.54, 1.807) is 26.2 Å². The summed E-state index contributed by atoms with van der Waals surface area (Å²) in [7, 11) is 1.58. The molecule has 2 aromatic carbocycles. The number of carbonyl (C=O) groups is 2. The Morgan fingerprint density at radius 3 is 2.44 bits per heavy atom. The Kier molecular flexibility index (Phi) is 6.11. The Morgan fingerprint density at radius 1 is 1.16 bits per heavy atom. The van der Waals surface area contributed by atoms with E-state index in [1.165, 1.54) is 12.1 Å². The van der Waals surface area contributed by atoms with Crippen LogP contribution in [0.25, 0.3) is 0 Å². The highest BCUT2D eigenvalue weighted by molar-refractivity contribution is 5.91. The van der Waals surface area contributed by atoms with Crippen molar-refractivity contribution in [1.29, 1.82) is 0 Å². The van der Waals surface area contributed by atoms with Gasteiger partial charge in [-0.3, -0.25) is 4.79 Å². The zero-order chi connectivity index (χ0) is 18.4. The van der Waals surface area contributed by atoms with Crippen molar-refractivity contribution in [2.45, 2.75) is 19.9 Å². The lowest BCUT2D eigenvalue weighted by atomic mass is 10.1. The molecule has 0 saturated heterocycles. The first-order chi connectivity index (χ1) is 11.9. The fraction of sp³-hybridized carbons (Fsp3) is 0.263. The molecule has 1 unspecified atom stereocenters. The minimum absolute atomic E-state index is 0.0686. The summed E-state index contributed by atoms with van der Waals surface area (Å²) in [6.45, 7) is 2.98. The molecule has 0 aromatic heterocycles. The van der Waals surface area contributed by atoms with E-state index >= 15 is 0 Å². The lowest BCUT2D eigenvalue weighted by Gasteiger charge is -2.15. The molecule has 0 aliphatic heterocycles. The Morgan fingerprint density at radius 2 is 1.84 bits per heavy atom. The summed E-state index contributed by atoms with van der Waals surface area (Å²) in [6, 6.07) is 11.0. The maximum Gasteiger partial charge on any atom is 0.338 e. The van der Waals surface area contributed by atoms with E-state index in [9.17, 15) is 14.0 Å². The highest BCUT2D eigenvalue weighted by Gasteiger charge is 2.14. The smallest absolute Gasteiger partial charge is 0.338 e. The molecule has 132 valence electrons. The van der Waals surface area contributed by atoms with Gasteiger partial charge in [-0.2, -0.15) is 0 Å². The molecule has 1 amide bonds. The number of aryl methyl sites for hydroxylation is 1. The third-order valence-electron chi connectivity index (χ3n) is 3.74. The van der Waals surface area contributed by atoms with Crippen molar-refractivity contribution < 1.29 is 23.5 Å². The number of benzene rings is 2. The van der Waals surface area contributed by atoms with Crippen LogP contribution in [0.15, 0.2) is 42.5 Å². The molecule has 0 aliphatic carbocycles. The van der Waals surface area contributed by atoms with Crippen LogP contribution in [0.3, 0.4) is 0 Å². The van der Waals surface area contributed by atoms with Crippen LogP contribution in [-0.2, 0) is 9.53 Å². The quantitative estimate of drug-likeness (QED) is 0.817. The number of hydrogen-bond donors (Lipinski definition) is 1. The third-order valence-corrected chi connectivity index (χ3v) is 3.74. The summed E-state index contributed by atoms with van der Waals surface area (Å²) in [5.41, 5.74) is 1.39. The molecule has 6 heteroatoms. The van der Waals surface area contributed by atoms with Crippen LogP contribution >= 0.6 is 0 Å². The lowest BCUT2D eigenvalue weighted by molar-refractivity contribution is -0.124. The van der Waals surface area contributed by atoms with Crippen molar-refractivity contribution in [3.8, 4) is 5.75 Å². The number of amides is 1. The van der Waals surface area contributed by atoms with E-state index < -0.39 is 24.3 Å². The number of nitrogens with one attached hydrogen (secondary N) is 1. The van der Waals surface area contributed by atoms with Gasteiger partial charge in [0.15, 0.2) is 6.61 Å². The summed E-state index contributed by atoms with van der Waals surface area (Å²) >= 11 is 0. The first-order valence-electron chi connectivity index (χ1n) is 7.77. The monoisotopic (exact) mass is 345 g/mol. The number of halogens is 1. The summed E-state index contributed by atoms with van der Waals surface area (Å²) in [5.74, 6) is -0.955. The molecule has 1 atom stereocenters. The first kappa shape index (κ1) is 18.4. The van der Waals surface area contributed by atoms with Gasteiger partial charge in [-0.05, 0) is 49.2 Å². The predicted octanol–water partition coefficient (Wildman–Crippen LogP) is 3.18. The van der Waals surface area contributed by atoms with Crippen LogP contribution in [-0.4, -0.2) is 25.6 Å². The fourth-order valence-corrected chi connectivity index (χ4v) is 2.19. The van der Waals surface area contributed by atoms with Crippen molar-refractivity contribution in [3.05, 3.63) is 65.0 Å². The summed E-state index contributed by atoms with van der Waals surface area (Å²) < 4.78 is 23.5. The van der Waals surface area contributed by atoms with Gasteiger partial charge in [0.05, 0.1) is 18.7 Å².